The van der Waals surface area contributed by atoms with Crippen molar-refractivity contribution in [1.29, 1.82) is 0 Å². The van der Waals surface area contributed by atoms with Gasteiger partial charge < -0.3 is 10.2 Å². The number of aromatic nitrogens is 3. The molecule has 0 bridgehead atoms. The molecule has 0 unspecified atom stereocenters. The van der Waals surface area contributed by atoms with Crippen LogP contribution >= 0.6 is 15.9 Å². The molecule has 2 aliphatic rings. The van der Waals surface area contributed by atoms with Crippen LogP contribution in [0.15, 0.2) is 67.4 Å². The molecule has 0 atom stereocenters. The van der Waals surface area contributed by atoms with E-state index in [9.17, 15) is 18.8 Å². The Bertz CT molecular complexity index is 1730. The SMILES string of the molecule is Cn1c(=O)cc(Nc2ccc(Br)cc2F)c2c(=O)n(C3CC3)c(=O)n(-c3cccc(N4CCCC4)c3)c21. The Morgan fingerprint density at radius 3 is 2.38 bits per heavy atom. The largest absolute Gasteiger partial charge is 0.371 e. The molecule has 0 amide bonds. The number of pyridine rings is 1. The molecular formula is C27H25BrFN5O3. The van der Waals surface area contributed by atoms with Crippen molar-refractivity contribution < 1.29 is 4.39 Å². The molecule has 1 N–H and O–H groups in total. The van der Waals surface area contributed by atoms with Gasteiger partial charge in [0.25, 0.3) is 11.1 Å². The second-order valence-corrected chi connectivity index (χ2v) is 10.6. The summed E-state index contributed by atoms with van der Waals surface area (Å²) in [4.78, 5) is 43.0. The van der Waals surface area contributed by atoms with E-state index in [1.54, 1.807) is 12.1 Å². The summed E-state index contributed by atoms with van der Waals surface area (Å²) in [5.41, 5.74) is 0.571. The molecule has 1 aliphatic carbocycles. The van der Waals surface area contributed by atoms with Crippen LogP contribution in [0.5, 0.6) is 0 Å². The average molecular weight is 566 g/mol. The lowest BCUT2D eigenvalue weighted by Gasteiger charge is -2.21. The Hall–Kier alpha value is -3.66. The molecule has 6 rings (SSSR count). The van der Waals surface area contributed by atoms with E-state index in [4.69, 9.17) is 0 Å². The first-order chi connectivity index (χ1) is 17.8. The number of hydrogen-bond donors (Lipinski definition) is 1. The van der Waals surface area contributed by atoms with Crippen LogP contribution in [-0.2, 0) is 7.05 Å². The number of aryl methyl sites for hydroxylation is 1. The number of halogens is 2. The Morgan fingerprint density at radius 2 is 1.68 bits per heavy atom. The number of fused-ring (bicyclic) bond motifs is 1. The fraction of sp³-hybridized carbons (Fsp3) is 0.296. The topological polar surface area (TPSA) is 81.3 Å². The molecule has 190 valence electrons. The molecule has 2 fully saturated rings. The summed E-state index contributed by atoms with van der Waals surface area (Å²) in [6.45, 7) is 1.87. The van der Waals surface area contributed by atoms with Crippen molar-refractivity contribution in [3.8, 4) is 5.69 Å². The minimum Gasteiger partial charge on any atom is -0.371 e. The maximum absolute atomic E-state index is 14.7. The van der Waals surface area contributed by atoms with E-state index in [0.29, 0.717) is 10.2 Å². The molecule has 0 spiro atoms. The minimum absolute atomic E-state index is 0.115. The highest BCUT2D eigenvalue weighted by Crippen LogP contribution is 2.34. The van der Waals surface area contributed by atoms with Crippen LogP contribution in [-0.4, -0.2) is 26.8 Å². The highest BCUT2D eigenvalue weighted by molar-refractivity contribution is 9.10. The van der Waals surface area contributed by atoms with Gasteiger partial charge in [0.05, 0.1) is 17.1 Å². The van der Waals surface area contributed by atoms with E-state index in [-0.39, 0.29) is 28.5 Å². The monoisotopic (exact) mass is 565 g/mol. The molecule has 4 aromatic rings. The lowest BCUT2D eigenvalue weighted by Crippen LogP contribution is -2.41. The highest BCUT2D eigenvalue weighted by atomic mass is 79.9. The van der Waals surface area contributed by atoms with Gasteiger partial charge in [-0.15, -0.1) is 0 Å². The van der Waals surface area contributed by atoms with Gasteiger partial charge >= 0.3 is 5.69 Å². The number of anilines is 3. The molecular weight excluding hydrogens is 541 g/mol. The quantitative estimate of drug-likeness (QED) is 0.387. The van der Waals surface area contributed by atoms with Gasteiger partial charge in [0.2, 0.25) is 0 Å². The Labute approximate surface area is 219 Å². The van der Waals surface area contributed by atoms with Crippen molar-refractivity contribution in [1.82, 2.24) is 13.7 Å². The van der Waals surface area contributed by atoms with Crippen molar-refractivity contribution in [3.05, 3.63) is 90.0 Å². The molecule has 2 aromatic heterocycles. The van der Waals surface area contributed by atoms with E-state index in [1.807, 2.05) is 18.2 Å². The lowest BCUT2D eigenvalue weighted by molar-refractivity contribution is 0.630. The standard InChI is InChI=1S/C27H25BrFN5O3/c1-31-23(35)15-22(30-21-10-7-16(28)13-20(21)29)24-25(31)33(27(37)34(26(24)36)17-8-9-17)19-6-4-5-18(14-19)32-11-2-3-12-32/h4-7,10,13-15,17,30H,2-3,8-9,11-12H2,1H3. The number of benzene rings is 2. The van der Waals surface area contributed by atoms with E-state index < -0.39 is 22.6 Å². The number of hydrogen-bond acceptors (Lipinski definition) is 5. The number of nitrogens with one attached hydrogen (secondary N) is 1. The predicted octanol–water partition coefficient (Wildman–Crippen LogP) is 4.43. The van der Waals surface area contributed by atoms with Crippen LogP contribution in [0.1, 0.15) is 31.7 Å². The molecule has 1 saturated heterocycles. The van der Waals surface area contributed by atoms with Crippen molar-refractivity contribution in [2.24, 2.45) is 7.05 Å². The summed E-state index contributed by atoms with van der Waals surface area (Å²) in [5.74, 6) is -0.544. The molecule has 3 heterocycles. The van der Waals surface area contributed by atoms with Crippen molar-refractivity contribution in [3.63, 3.8) is 0 Å². The van der Waals surface area contributed by atoms with Gasteiger partial charge in [-0.25, -0.2) is 13.8 Å². The van der Waals surface area contributed by atoms with Gasteiger partial charge in [-0.2, -0.15) is 0 Å². The maximum atomic E-state index is 14.7. The zero-order valence-electron chi connectivity index (χ0n) is 20.2. The third-order valence-electron chi connectivity index (χ3n) is 7.12. The summed E-state index contributed by atoms with van der Waals surface area (Å²) in [5, 5.41) is 3.10. The second-order valence-electron chi connectivity index (χ2n) is 9.64. The van der Waals surface area contributed by atoms with Crippen LogP contribution in [0.3, 0.4) is 0 Å². The highest BCUT2D eigenvalue weighted by Gasteiger charge is 2.31. The fourth-order valence-corrected chi connectivity index (χ4v) is 5.42. The first-order valence-corrected chi connectivity index (χ1v) is 13.1. The van der Waals surface area contributed by atoms with Crippen molar-refractivity contribution >= 4 is 44.0 Å². The molecule has 2 aromatic carbocycles. The van der Waals surface area contributed by atoms with Gasteiger partial charge in [0.1, 0.15) is 16.9 Å². The Kier molecular flexibility index (Phi) is 5.78. The summed E-state index contributed by atoms with van der Waals surface area (Å²) >= 11 is 3.24. The van der Waals surface area contributed by atoms with E-state index in [2.05, 4.69) is 26.1 Å². The Balaban J connectivity index is 1.66. The van der Waals surface area contributed by atoms with Gasteiger partial charge in [-0.1, -0.05) is 22.0 Å². The molecule has 1 aliphatic heterocycles. The van der Waals surface area contributed by atoms with Crippen LogP contribution in [0, 0.1) is 5.82 Å². The lowest BCUT2D eigenvalue weighted by atomic mass is 10.2. The predicted molar refractivity (Wildman–Crippen MR) is 146 cm³/mol. The van der Waals surface area contributed by atoms with E-state index in [1.165, 1.54) is 38.9 Å². The first-order valence-electron chi connectivity index (χ1n) is 12.3. The first kappa shape index (κ1) is 23.7. The zero-order valence-corrected chi connectivity index (χ0v) is 21.8. The van der Waals surface area contributed by atoms with Crippen molar-refractivity contribution in [2.45, 2.75) is 31.7 Å². The molecule has 37 heavy (non-hydrogen) atoms. The summed E-state index contributed by atoms with van der Waals surface area (Å²) in [6.07, 6.45) is 3.67. The van der Waals surface area contributed by atoms with Crippen LogP contribution in [0.4, 0.5) is 21.5 Å². The van der Waals surface area contributed by atoms with Crippen LogP contribution in [0.2, 0.25) is 0 Å². The van der Waals surface area contributed by atoms with Gasteiger partial charge in [-0.3, -0.25) is 18.7 Å². The zero-order chi connectivity index (χ0) is 25.8. The average Bonchev–Trinajstić information content (AvgIpc) is 3.54. The van der Waals surface area contributed by atoms with Gasteiger partial charge in [0.15, 0.2) is 0 Å². The van der Waals surface area contributed by atoms with Gasteiger partial charge in [-0.05, 0) is 62.1 Å². The normalized spacial score (nSPS) is 15.5. The van der Waals surface area contributed by atoms with E-state index in [0.717, 1.165) is 44.5 Å². The van der Waals surface area contributed by atoms with Crippen LogP contribution < -0.4 is 27.0 Å². The third-order valence-corrected chi connectivity index (χ3v) is 7.62. The van der Waals surface area contributed by atoms with Gasteiger partial charge in [0, 0.05) is 42.4 Å². The smallest absolute Gasteiger partial charge is 0.337 e. The molecule has 1 saturated carbocycles. The fourth-order valence-electron chi connectivity index (χ4n) is 5.09. The van der Waals surface area contributed by atoms with Crippen molar-refractivity contribution in [2.75, 3.05) is 23.3 Å². The van der Waals surface area contributed by atoms with Crippen LogP contribution in [0.25, 0.3) is 16.7 Å². The summed E-state index contributed by atoms with van der Waals surface area (Å²) < 4.78 is 19.3. The molecule has 8 nitrogen and oxygen atoms in total. The maximum Gasteiger partial charge on any atom is 0.337 e. The molecule has 0 radical (unpaired) electrons. The number of nitrogens with zero attached hydrogens (tertiary/aromatic N) is 4. The number of rotatable bonds is 5. The third kappa shape index (κ3) is 4.09. The second kappa shape index (κ2) is 9.02. The minimum atomic E-state index is -0.544. The Morgan fingerprint density at radius 1 is 0.946 bits per heavy atom. The summed E-state index contributed by atoms with van der Waals surface area (Å²) in [7, 11) is 1.54. The van der Waals surface area contributed by atoms with E-state index >= 15 is 0 Å². The molecule has 10 heteroatoms. The summed E-state index contributed by atoms with van der Waals surface area (Å²) in [6, 6.07) is 13.2.